The number of nitrogen functional groups attached to an aromatic ring is 1. The molecule has 7 nitrogen and oxygen atoms in total. The molecule has 154 valence electrons. The third-order valence-electron chi connectivity index (χ3n) is 5.42. The van der Waals surface area contributed by atoms with Gasteiger partial charge in [-0.05, 0) is 41.3 Å². The molecule has 4 rings (SSSR count). The second kappa shape index (κ2) is 7.29. The number of phenols is 1. The largest absolute Gasteiger partial charge is 0.505 e. The molecule has 1 amide bonds. The summed E-state index contributed by atoms with van der Waals surface area (Å²) in [7, 11) is 0. The van der Waals surface area contributed by atoms with Gasteiger partial charge >= 0.3 is 0 Å². The average Bonchev–Trinajstić information content (AvgIpc) is 3.28. The third kappa shape index (κ3) is 3.30. The van der Waals surface area contributed by atoms with E-state index in [9.17, 15) is 14.3 Å². The first-order valence-corrected chi connectivity index (χ1v) is 9.62. The second-order valence-corrected chi connectivity index (χ2v) is 7.38. The fourth-order valence-corrected chi connectivity index (χ4v) is 3.73. The molecule has 3 aromatic rings. The van der Waals surface area contributed by atoms with Gasteiger partial charge < -0.3 is 20.7 Å². The molecule has 0 aliphatic carbocycles. The predicted molar refractivity (Wildman–Crippen MR) is 112 cm³/mol. The van der Waals surface area contributed by atoms with Gasteiger partial charge in [0.1, 0.15) is 5.71 Å². The fourth-order valence-electron chi connectivity index (χ4n) is 3.73. The molecule has 1 aromatic heterocycles. The highest BCUT2D eigenvalue weighted by Gasteiger charge is 2.26. The first kappa shape index (κ1) is 19.6. The monoisotopic (exact) mass is 407 g/mol. The van der Waals surface area contributed by atoms with Crippen LogP contribution in [0, 0.1) is 11.2 Å². The van der Waals surface area contributed by atoms with Crippen molar-refractivity contribution in [1.82, 2.24) is 14.9 Å². The number of nitrogens with one attached hydrogen (secondary N) is 2. The number of amides is 1. The highest BCUT2D eigenvalue weighted by Crippen LogP contribution is 2.32. The lowest BCUT2D eigenvalue weighted by atomic mass is 9.95. The van der Waals surface area contributed by atoms with Crippen molar-refractivity contribution in [2.24, 2.45) is 0 Å². The number of anilines is 1. The molecular weight excluding hydrogens is 385 g/mol. The molecule has 0 spiro atoms. The number of benzene rings is 2. The Balaban J connectivity index is 1.64. The Labute approximate surface area is 172 Å². The highest BCUT2D eigenvalue weighted by atomic mass is 19.1. The van der Waals surface area contributed by atoms with Gasteiger partial charge in [0, 0.05) is 18.2 Å². The molecule has 0 saturated heterocycles. The minimum Gasteiger partial charge on any atom is -0.505 e. The molecule has 1 aliphatic rings. The first-order valence-electron chi connectivity index (χ1n) is 9.62. The van der Waals surface area contributed by atoms with Crippen LogP contribution >= 0.6 is 0 Å². The maximum absolute atomic E-state index is 13.9. The summed E-state index contributed by atoms with van der Waals surface area (Å²) in [4.78, 5) is 20.8. The van der Waals surface area contributed by atoms with Gasteiger partial charge in [0.2, 0.25) is 5.91 Å². The summed E-state index contributed by atoms with van der Waals surface area (Å²) in [5.41, 5.74) is 11.0. The number of halogens is 1. The molecule has 2 aromatic carbocycles. The van der Waals surface area contributed by atoms with E-state index >= 15 is 0 Å². The predicted octanol–water partition coefficient (Wildman–Crippen LogP) is 3.34. The van der Waals surface area contributed by atoms with Crippen LogP contribution in [-0.4, -0.2) is 31.6 Å². The SMILES string of the molecule is CCc1cc(O)c(F)cc1-c1ccc(C(=N)c2nc3c([nH]2)CN(C(C)=O)C3)c(N)c1. The summed E-state index contributed by atoms with van der Waals surface area (Å²) in [5, 5.41) is 18.2. The van der Waals surface area contributed by atoms with Crippen molar-refractivity contribution in [2.45, 2.75) is 33.4 Å². The van der Waals surface area contributed by atoms with E-state index in [1.807, 2.05) is 6.92 Å². The Kier molecular flexibility index (Phi) is 4.77. The first-order chi connectivity index (χ1) is 14.3. The number of rotatable bonds is 4. The van der Waals surface area contributed by atoms with Gasteiger partial charge in [-0.3, -0.25) is 10.2 Å². The summed E-state index contributed by atoms with van der Waals surface area (Å²) in [5.74, 6) is -0.693. The normalized spacial score (nSPS) is 12.8. The van der Waals surface area contributed by atoms with E-state index in [0.717, 1.165) is 17.0 Å². The van der Waals surface area contributed by atoms with Crippen LogP contribution in [0.15, 0.2) is 30.3 Å². The molecule has 0 saturated carbocycles. The fraction of sp³-hybridized carbons (Fsp3) is 0.227. The van der Waals surface area contributed by atoms with Gasteiger partial charge in [0.25, 0.3) is 0 Å². The number of H-pyrrole nitrogens is 1. The maximum Gasteiger partial charge on any atom is 0.220 e. The van der Waals surface area contributed by atoms with Gasteiger partial charge in [-0.15, -0.1) is 0 Å². The number of aryl methyl sites for hydroxylation is 1. The van der Waals surface area contributed by atoms with Crippen LogP contribution in [0.4, 0.5) is 10.1 Å². The van der Waals surface area contributed by atoms with Crippen LogP contribution in [-0.2, 0) is 24.3 Å². The molecule has 8 heteroatoms. The van der Waals surface area contributed by atoms with Gasteiger partial charge in [-0.2, -0.15) is 0 Å². The number of nitrogens with zero attached hydrogens (tertiary/aromatic N) is 2. The van der Waals surface area contributed by atoms with Crippen molar-refractivity contribution in [3.05, 3.63) is 64.5 Å². The smallest absolute Gasteiger partial charge is 0.220 e. The molecule has 0 radical (unpaired) electrons. The van der Waals surface area contributed by atoms with Crippen molar-refractivity contribution in [1.29, 1.82) is 5.41 Å². The Morgan fingerprint density at radius 1 is 1.33 bits per heavy atom. The van der Waals surface area contributed by atoms with Crippen LogP contribution < -0.4 is 5.73 Å². The molecule has 0 bridgehead atoms. The van der Waals surface area contributed by atoms with Crippen LogP contribution in [0.5, 0.6) is 5.75 Å². The highest BCUT2D eigenvalue weighted by molar-refractivity contribution is 6.12. The van der Waals surface area contributed by atoms with Gasteiger partial charge in [-0.1, -0.05) is 19.1 Å². The van der Waals surface area contributed by atoms with E-state index in [-0.39, 0.29) is 17.4 Å². The summed E-state index contributed by atoms with van der Waals surface area (Å²) in [6.07, 6.45) is 0.621. The Bertz CT molecular complexity index is 1160. The zero-order valence-electron chi connectivity index (χ0n) is 16.7. The summed E-state index contributed by atoms with van der Waals surface area (Å²) >= 11 is 0. The average molecular weight is 407 g/mol. The number of hydrogen-bond acceptors (Lipinski definition) is 5. The number of nitrogens with two attached hydrogens (primary N) is 1. The van der Waals surface area contributed by atoms with Gasteiger partial charge in [-0.25, -0.2) is 9.37 Å². The Morgan fingerprint density at radius 3 is 2.73 bits per heavy atom. The molecule has 1 aliphatic heterocycles. The maximum atomic E-state index is 13.9. The quantitative estimate of drug-likeness (QED) is 0.392. The van der Waals surface area contributed by atoms with Crippen LogP contribution in [0.1, 0.15) is 42.2 Å². The molecule has 0 unspecified atom stereocenters. The number of phenolic OH excluding ortho intramolecular Hbond substituents is 1. The third-order valence-corrected chi connectivity index (χ3v) is 5.42. The second-order valence-electron chi connectivity index (χ2n) is 7.38. The molecule has 0 atom stereocenters. The summed E-state index contributed by atoms with van der Waals surface area (Å²) in [6.45, 7) is 4.31. The number of imidazole rings is 1. The number of hydrogen-bond donors (Lipinski definition) is 4. The van der Waals surface area contributed by atoms with E-state index in [2.05, 4.69) is 9.97 Å². The van der Waals surface area contributed by atoms with E-state index in [4.69, 9.17) is 11.1 Å². The molecule has 2 heterocycles. The van der Waals surface area contributed by atoms with Crippen molar-refractivity contribution in [3.63, 3.8) is 0 Å². The lowest BCUT2D eigenvalue weighted by Crippen LogP contribution is -2.22. The van der Waals surface area contributed by atoms with Crippen LogP contribution in [0.25, 0.3) is 11.1 Å². The summed E-state index contributed by atoms with van der Waals surface area (Å²) < 4.78 is 13.9. The van der Waals surface area contributed by atoms with Crippen molar-refractivity contribution >= 4 is 17.3 Å². The zero-order chi connectivity index (χ0) is 21.6. The number of fused-ring (bicyclic) bond motifs is 1. The standard InChI is InChI=1S/C22H22FN5O2/c1-3-12-7-20(30)16(23)8-15(12)13-4-5-14(17(24)6-13)21(25)22-26-18-9-28(11(2)29)10-19(18)27-22/h4-8,25,30H,3,9-10,24H2,1-2H3,(H,26,27). The van der Waals surface area contributed by atoms with E-state index in [1.54, 1.807) is 23.1 Å². The Hall–Kier alpha value is -3.68. The number of aromatic amines is 1. The number of aromatic nitrogens is 2. The molecule has 0 fully saturated rings. The van der Waals surface area contributed by atoms with Crippen molar-refractivity contribution < 1.29 is 14.3 Å². The molecule has 30 heavy (non-hydrogen) atoms. The minimum absolute atomic E-state index is 0.0185. The van der Waals surface area contributed by atoms with Crippen molar-refractivity contribution in [3.8, 4) is 16.9 Å². The molecule has 5 N–H and O–H groups in total. The van der Waals surface area contributed by atoms with E-state index in [1.165, 1.54) is 19.1 Å². The lowest BCUT2D eigenvalue weighted by molar-refractivity contribution is -0.129. The van der Waals surface area contributed by atoms with Crippen molar-refractivity contribution in [2.75, 3.05) is 5.73 Å². The van der Waals surface area contributed by atoms with Crippen LogP contribution in [0.3, 0.4) is 0 Å². The number of carbonyl (C=O) groups is 1. The number of aromatic hydroxyl groups is 1. The molecular formula is C22H22FN5O2. The number of carbonyl (C=O) groups excluding carboxylic acids is 1. The van der Waals surface area contributed by atoms with Gasteiger partial charge in [0.15, 0.2) is 17.4 Å². The minimum atomic E-state index is -0.692. The summed E-state index contributed by atoms with van der Waals surface area (Å²) in [6, 6.07) is 7.91. The Morgan fingerprint density at radius 2 is 2.10 bits per heavy atom. The lowest BCUT2D eigenvalue weighted by Gasteiger charge is -2.13. The van der Waals surface area contributed by atoms with E-state index in [0.29, 0.717) is 47.7 Å². The topological polar surface area (TPSA) is 119 Å². The van der Waals surface area contributed by atoms with Crippen LogP contribution in [0.2, 0.25) is 0 Å². The van der Waals surface area contributed by atoms with Gasteiger partial charge in [0.05, 0.1) is 24.5 Å². The van der Waals surface area contributed by atoms with E-state index < -0.39 is 5.82 Å². The zero-order valence-corrected chi connectivity index (χ0v) is 16.7.